The minimum Gasteiger partial charge on any atom is -0.456 e. The van der Waals surface area contributed by atoms with Gasteiger partial charge in [0.1, 0.15) is 28.9 Å². The normalized spacial score (nSPS) is 11.4. The van der Waals surface area contributed by atoms with Crippen molar-refractivity contribution < 1.29 is 18.1 Å². The van der Waals surface area contributed by atoms with Gasteiger partial charge in [0.25, 0.3) is 0 Å². The minimum absolute atomic E-state index is 0.125. The number of hydrogen-bond acceptors (Lipinski definition) is 4. The second kappa shape index (κ2) is 8.22. The number of halogens is 1. The van der Waals surface area contributed by atoms with Crippen molar-refractivity contribution in [1.82, 2.24) is 0 Å². The molecule has 0 fully saturated rings. The molecule has 0 aromatic heterocycles. The molecule has 0 radical (unpaired) electrons. The molecule has 7 heteroatoms. The number of rotatable bonds is 6. The third-order valence-electron chi connectivity index (χ3n) is 3.07. The maximum Gasteiger partial charge on any atom is 0.225 e. The Balaban J connectivity index is 2.03. The van der Waals surface area contributed by atoms with Crippen LogP contribution in [0.1, 0.15) is 12.0 Å². The minimum atomic E-state index is -1.01. The van der Waals surface area contributed by atoms with Crippen LogP contribution in [0.4, 0.5) is 10.1 Å². The predicted octanol–water partition coefficient (Wildman–Crippen LogP) is 3.20. The first kappa shape index (κ1) is 17.6. The van der Waals surface area contributed by atoms with Crippen LogP contribution in [0.5, 0.6) is 11.5 Å². The lowest BCUT2D eigenvalue weighted by Gasteiger charge is -2.09. The van der Waals surface area contributed by atoms with Gasteiger partial charge in [-0.05, 0) is 36.4 Å². The second-order valence-electron chi connectivity index (χ2n) is 4.93. The van der Waals surface area contributed by atoms with Crippen LogP contribution >= 0.6 is 0 Å². The van der Waals surface area contributed by atoms with E-state index in [1.807, 2.05) is 0 Å². The standard InChI is InChI=1S/C17H15FN2O3S/c1-24(22)10-9-17(21)20-12-5-7-13(8-6-12)23-16-4-2-3-15(18)14(16)11-19/h2-8H,9-10H2,1H3,(H,20,21). The van der Waals surface area contributed by atoms with E-state index in [4.69, 9.17) is 10.00 Å². The lowest BCUT2D eigenvalue weighted by molar-refractivity contribution is -0.115. The number of ether oxygens (including phenoxy) is 1. The van der Waals surface area contributed by atoms with E-state index in [1.165, 1.54) is 18.2 Å². The lowest BCUT2D eigenvalue weighted by Crippen LogP contribution is -2.14. The van der Waals surface area contributed by atoms with Crippen molar-refractivity contribution in [3.63, 3.8) is 0 Å². The highest BCUT2D eigenvalue weighted by Gasteiger charge is 2.10. The number of carbonyl (C=O) groups excluding carboxylic acids is 1. The van der Waals surface area contributed by atoms with Gasteiger partial charge in [-0.15, -0.1) is 0 Å². The topological polar surface area (TPSA) is 79.2 Å². The highest BCUT2D eigenvalue weighted by atomic mass is 32.2. The molecule has 0 heterocycles. The molecular weight excluding hydrogens is 331 g/mol. The number of carbonyl (C=O) groups is 1. The van der Waals surface area contributed by atoms with E-state index >= 15 is 0 Å². The van der Waals surface area contributed by atoms with Crippen molar-refractivity contribution in [2.45, 2.75) is 6.42 Å². The monoisotopic (exact) mass is 346 g/mol. The van der Waals surface area contributed by atoms with E-state index in [0.717, 1.165) is 0 Å². The average molecular weight is 346 g/mol. The molecule has 1 atom stereocenters. The number of hydrogen-bond donors (Lipinski definition) is 1. The molecule has 0 saturated carbocycles. The highest BCUT2D eigenvalue weighted by molar-refractivity contribution is 7.84. The Morgan fingerprint density at radius 1 is 1.29 bits per heavy atom. The SMILES string of the molecule is CS(=O)CCC(=O)Nc1ccc(Oc2cccc(F)c2C#N)cc1. The molecule has 24 heavy (non-hydrogen) atoms. The largest absolute Gasteiger partial charge is 0.456 e. The lowest BCUT2D eigenvalue weighted by atomic mass is 10.2. The van der Waals surface area contributed by atoms with E-state index in [2.05, 4.69) is 5.32 Å². The maximum atomic E-state index is 13.5. The summed E-state index contributed by atoms with van der Waals surface area (Å²) in [7, 11) is -1.01. The molecule has 2 rings (SSSR count). The summed E-state index contributed by atoms with van der Waals surface area (Å²) in [6, 6.07) is 12.4. The Hall–Kier alpha value is -2.72. The number of nitrogens with zero attached hydrogens (tertiary/aromatic N) is 1. The Morgan fingerprint density at radius 3 is 2.62 bits per heavy atom. The first-order valence-electron chi connectivity index (χ1n) is 7.06. The molecule has 5 nitrogen and oxygen atoms in total. The van der Waals surface area contributed by atoms with E-state index in [9.17, 15) is 13.4 Å². The number of benzene rings is 2. The van der Waals surface area contributed by atoms with Gasteiger partial charge < -0.3 is 10.1 Å². The summed E-state index contributed by atoms with van der Waals surface area (Å²) >= 11 is 0. The zero-order valence-electron chi connectivity index (χ0n) is 12.9. The molecule has 0 saturated heterocycles. The molecule has 0 aliphatic carbocycles. The van der Waals surface area contributed by atoms with Crippen molar-refractivity contribution in [3.05, 3.63) is 53.8 Å². The van der Waals surface area contributed by atoms with Crippen molar-refractivity contribution in [2.75, 3.05) is 17.3 Å². The van der Waals surface area contributed by atoms with Gasteiger partial charge in [0.05, 0.1) is 0 Å². The number of anilines is 1. The first-order chi connectivity index (χ1) is 11.5. The zero-order chi connectivity index (χ0) is 17.5. The molecule has 2 aromatic carbocycles. The van der Waals surface area contributed by atoms with Crippen LogP contribution in [0.25, 0.3) is 0 Å². The number of nitriles is 1. The van der Waals surface area contributed by atoms with Crippen molar-refractivity contribution >= 4 is 22.4 Å². The fraction of sp³-hybridized carbons (Fsp3) is 0.176. The Kier molecular flexibility index (Phi) is 6.04. The third-order valence-corrected chi connectivity index (χ3v) is 3.85. The average Bonchev–Trinajstić information content (AvgIpc) is 2.55. The zero-order valence-corrected chi connectivity index (χ0v) is 13.7. The molecule has 1 N–H and O–H groups in total. The summed E-state index contributed by atoms with van der Waals surface area (Å²) < 4.78 is 30.0. The van der Waals surface area contributed by atoms with Gasteiger partial charge >= 0.3 is 0 Å². The molecule has 124 valence electrons. The fourth-order valence-corrected chi connectivity index (χ4v) is 2.36. The van der Waals surface area contributed by atoms with E-state index < -0.39 is 16.6 Å². The van der Waals surface area contributed by atoms with Crippen molar-refractivity contribution in [2.24, 2.45) is 0 Å². The van der Waals surface area contributed by atoms with Crippen LogP contribution in [0.2, 0.25) is 0 Å². The van der Waals surface area contributed by atoms with E-state index in [1.54, 1.807) is 36.6 Å². The quantitative estimate of drug-likeness (QED) is 0.871. The van der Waals surface area contributed by atoms with Gasteiger partial charge in [0, 0.05) is 34.9 Å². The summed E-state index contributed by atoms with van der Waals surface area (Å²) in [6.07, 6.45) is 1.72. The summed E-state index contributed by atoms with van der Waals surface area (Å²) in [4.78, 5) is 11.7. The maximum absolute atomic E-state index is 13.5. The van der Waals surface area contributed by atoms with Crippen LogP contribution in [-0.4, -0.2) is 22.1 Å². The molecule has 0 bridgehead atoms. The molecule has 1 unspecified atom stereocenters. The molecule has 0 spiro atoms. The third kappa shape index (κ3) is 4.89. The van der Waals surface area contributed by atoms with Gasteiger partial charge in [-0.1, -0.05) is 6.07 Å². The van der Waals surface area contributed by atoms with Crippen LogP contribution in [0.3, 0.4) is 0 Å². The molecule has 2 aromatic rings. The Bertz CT molecular complexity index is 800. The first-order valence-corrected chi connectivity index (χ1v) is 8.78. The predicted molar refractivity (Wildman–Crippen MR) is 89.8 cm³/mol. The van der Waals surface area contributed by atoms with Gasteiger partial charge in [0.2, 0.25) is 5.91 Å². The van der Waals surface area contributed by atoms with Crippen LogP contribution in [-0.2, 0) is 15.6 Å². The highest BCUT2D eigenvalue weighted by Crippen LogP contribution is 2.27. The van der Waals surface area contributed by atoms with Crippen molar-refractivity contribution in [1.29, 1.82) is 5.26 Å². The van der Waals surface area contributed by atoms with Gasteiger partial charge in [-0.3, -0.25) is 9.00 Å². The molecule has 0 aliphatic rings. The van der Waals surface area contributed by atoms with Crippen LogP contribution < -0.4 is 10.1 Å². The summed E-state index contributed by atoms with van der Waals surface area (Å²) in [6.45, 7) is 0. The van der Waals surface area contributed by atoms with E-state index in [-0.39, 0.29) is 23.6 Å². The summed E-state index contributed by atoms with van der Waals surface area (Å²) in [5.74, 6) is -0.0313. The Morgan fingerprint density at radius 2 is 2.00 bits per heavy atom. The van der Waals surface area contributed by atoms with Gasteiger partial charge in [0.15, 0.2) is 0 Å². The summed E-state index contributed by atoms with van der Waals surface area (Å²) in [5.41, 5.74) is 0.399. The van der Waals surface area contributed by atoms with Gasteiger partial charge in [-0.25, -0.2) is 4.39 Å². The van der Waals surface area contributed by atoms with Gasteiger partial charge in [-0.2, -0.15) is 5.26 Å². The fourth-order valence-electron chi connectivity index (χ4n) is 1.89. The van der Waals surface area contributed by atoms with Crippen LogP contribution in [0.15, 0.2) is 42.5 Å². The molecule has 1 amide bonds. The molecule has 0 aliphatic heterocycles. The molecular formula is C17H15FN2O3S. The van der Waals surface area contributed by atoms with E-state index in [0.29, 0.717) is 17.2 Å². The number of nitrogens with one attached hydrogen (secondary N) is 1. The van der Waals surface area contributed by atoms with Crippen LogP contribution in [0, 0.1) is 17.1 Å². The number of amides is 1. The smallest absolute Gasteiger partial charge is 0.225 e. The summed E-state index contributed by atoms with van der Waals surface area (Å²) in [5, 5.41) is 11.6. The van der Waals surface area contributed by atoms with Crippen molar-refractivity contribution in [3.8, 4) is 17.6 Å². The Labute approximate surface area is 141 Å². The second-order valence-corrected chi connectivity index (χ2v) is 6.48.